The van der Waals surface area contributed by atoms with Crippen LogP contribution in [0.5, 0.6) is 0 Å². The maximum Gasteiger partial charge on any atom is 0.129 e. The maximum atomic E-state index is 13.0. The van der Waals surface area contributed by atoms with Gasteiger partial charge in [-0.3, -0.25) is 4.90 Å². The Hall–Kier alpha value is -1.73. The molecule has 24 heavy (non-hydrogen) atoms. The summed E-state index contributed by atoms with van der Waals surface area (Å²) in [6.07, 6.45) is 0.960. The molecule has 1 atom stereocenters. The number of furan rings is 1. The van der Waals surface area contributed by atoms with Crippen LogP contribution in [0.4, 0.5) is 4.39 Å². The van der Waals surface area contributed by atoms with Crippen LogP contribution in [0.25, 0.3) is 0 Å². The van der Waals surface area contributed by atoms with E-state index in [1.165, 1.54) is 12.1 Å². The molecule has 0 amide bonds. The van der Waals surface area contributed by atoms with Crippen molar-refractivity contribution < 1.29 is 23.4 Å². The molecule has 0 unspecified atom stereocenters. The zero-order chi connectivity index (χ0) is 17.2. The quantitative estimate of drug-likeness (QED) is 0.683. The van der Waals surface area contributed by atoms with Crippen molar-refractivity contribution in [1.29, 1.82) is 0 Å². The van der Waals surface area contributed by atoms with Gasteiger partial charge in [-0.15, -0.1) is 0 Å². The summed E-state index contributed by atoms with van der Waals surface area (Å²) in [4.78, 5) is 2.05. The second-order valence-corrected chi connectivity index (χ2v) is 5.60. The number of methoxy groups -OCH3 is 1. The molecule has 2 aromatic rings. The van der Waals surface area contributed by atoms with Crippen molar-refractivity contribution in [2.75, 3.05) is 33.4 Å². The Labute approximate surface area is 141 Å². The van der Waals surface area contributed by atoms with Crippen LogP contribution in [0.1, 0.15) is 11.3 Å². The Bertz CT molecular complexity index is 559. The normalized spacial score (nSPS) is 12.7. The van der Waals surface area contributed by atoms with Crippen LogP contribution in [0.2, 0.25) is 0 Å². The summed E-state index contributed by atoms with van der Waals surface area (Å²) in [6.45, 7) is 2.83. The topological polar surface area (TPSA) is 55.1 Å². The van der Waals surface area contributed by atoms with E-state index in [1.54, 1.807) is 31.6 Å². The van der Waals surface area contributed by atoms with Crippen molar-refractivity contribution in [2.45, 2.75) is 19.3 Å². The number of hydrogen-bond donors (Lipinski definition) is 1. The molecule has 6 heteroatoms. The first-order valence-corrected chi connectivity index (χ1v) is 7.91. The highest BCUT2D eigenvalue weighted by Gasteiger charge is 2.13. The van der Waals surface area contributed by atoms with Gasteiger partial charge in [0.15, 0.2) is 0 Å². The van der Waals surface area contributed by atoms with Crippen LogP contribution >= 0.6 is 0 Å². The minimum absolute atomic E-state index is 0.216. The summed E-state index contributed by atoms with van der Waals surface area (Å²) in [5.74, 6) is 0.471. The zero-order valence-corrected chi connectivity index (χ0v) is 13.9. The number of nitrogens with zero attached hydrogens (tertiary/aromatic N) is 1. The van der Waals surface area contributed by atoms with Crippen molar-refractivity contribution in [2.24, 2.45) is 0 Å². The molecule has 0 radical (unpaired) electrons. The maximum absolute atomic E-state index is 13.0. The molecule has 0 aliphatic carbocycles. The molecule has 1 N–H and O–H groups in total. The van der Waals surface area contributed by atoms with Crippen molar-refractivity contribution >= 4 is 0 Å². The van der Waals surface area contributed by atoms with Gasteiger partial charge in [-0.05, 0) is 29.8 Å². The van der Waals surface area contributed by atoms with E-state index in [0.29, 0.717) is 32.8 Å². The SMILES string of the molecule is COCCN(Cc1ccc(F)cc1)C[C@H](O)COCc1ccco1. The molecule has 1 heterocycles. The van der Waals surface area contributed by atoms with Crippen LogP contribution in [0.3, 0.4) is 0 Å². The fourth-order valence-electron chi connectivity index (χ4n) is 2.34. The first-order valence-electron chi connectivity index (χ1n) is 7.91. The summed E-state index contributed by atoms with van der Waals surface area (Å²) in [7, 11) is 1.64. The molecule has 1 aromatic heterocycles. The van der Waals surface area contributed by atoms with Crippen LogP contribution in [-0.2, 0) is 22.6 Å². The second-order valence-electron chi connectivity index (χ2n) is 5.60. The van der Waals surface area contributed by atoms with E-state index in [0.717, 1.165) is 11.3 Å². The lowest BCUT2D eigenvalue weighted by molar-refractivity contribution is 0.000484. The van der Waals surface area contributed by atoms with E-state index < -0.39 is 6.10 Å². The molecule has 5 nitrogen and oxygen atoms in total. The van der Waals surface area contributed by atoms with Crippen LogP contribution in [0.15, 0.2) is 47.1 Å². The molecule has 0 aliphatic rings. The number of ether oxygens (including phenoxy) is 2. The molecular weight excluding hydrogens is 313 g/mol. The van der Waals surface area contributed by atoms with Gasteiger partial charge in [0.05, 0.1) is 25.6 Å². The molecule has 0 saturated carbocycles. The molecule has 0 spiro atoms. The van der Waals surface area contributed by atoms with Gasteiger partial charge in [0, 0.05) is 26.7 Å². The molecule has 0 fully saturated rings. The van der Waals surface area contributed by atoms with Gasteiger partial charge in [-0.25, -0.2) is 4.39 Å². The third kappa shape index (κ3) is 6.80. The first-order chi connectivity index (χ1) is 11.7. The number of aliphatic hydroxyl groups is 1. The average molecular weight is 337 g/mol. The largest absolute Gasteiger partial charge is 0.467 e. The smallest absolute Gasteiger partial charge is 0.129 e. The minimum atomic E-state index is -0.628. The van der Waals surface area contributed by atoms with Crippen molar-refractivity contribution in [3.05, 3.63) is 59.8 Å². The zero-order valence-electron chi connectivity index (χ0n) is 13.9. The van der Waals surface area contributed by atoms with Crippen LogP contribution < -0.4 is 0 Å². The van der Waals surface area contributed by atoms with Gasteiger partial charge in [-0.2, -0.15) is 0 Å². The first kappa shape index (κ1) is 18.6. The molecule has 0 bridgehead atoms. The highest BCUT2D eigenvalue weighted by atomic mass is 19.1. The van der Waals surface area contributed by atoms with E-state index in [4.69, 9.17) is 13.9 Å². The highest BCUT2D eigenvalue weighted by molar-refractivity contribution is 5.15. The van der Waals surface area contributed by atoms with Crippen LogP contribution in [-0.4, -0.2) is 49.5 Å². The Kier molecular flexibility index (Phi) is 7.91. The summed E-state index contributed by atoms with van der Waals surface area (Å²) in [5, 5.41) is 10.2. The Morgan fingerprint density at radius 3 is 2.71 bits per heavy atom. The third-order valence-electron chi connectivity index (χ3n) is 3.53. The number of hydrogen-bond acceptors (Lipinski definition) is 5. The minimum Gasteiger partial charge on any atom is -0.467 e. The van der Waals surface area contributed by atoms with Gasteiger partial charge in [0.25, 0.3) is 0 Å². The van der Waals surface area contributed by atoms with Crippen molar-refractivity contribution in [1.82, 2.24) is 4.90 Å². The van der Waals surface area contributed by atoms with Crippen molar-refractivity contribution in [3.63, 3.8) is 0 Å². The summed E-state index contributed by atoms with van der Waals surface area (Å²) >= 11 is 0. The van der Waals surface area contributed by atoms with Crippen LogP contribution in [0, 0.1) is 5.82 Å². The fourth-order valence-corrected chi connectivity index (χ4v) is 2.34. The molecule has 1 aromatic carbocycles. The Balaban J connectivity index is 1.79. The number of halogens is 1. The fraction of sp³-hybridized carbons (Fsp3) is 0.444. The van der Waals surface area contributed by atoms with Gasteiger partial charge in [0.2, 0.25) is 0 Å². The Morgan fingerprint density at radius 1 is 1.25 bits per heavy atom. The number of aliphatic hydroxyl groups excluding tert-OH is 1. The molecular formula is C18H24FNO4. The number of rotatable bonds is 11. The van der Waals surface area contributed by atoms with Crippen molar-refractivity contribution in [3.8, 4) is 0 Å². The summed E-state index contributed by atoms with van der Waals surface area (Å²) in [5.41, 5.74) is 0.983. The monoisotopic (exact) mass is 337 g/mol. The lowest BCUT2D eigenvalue weighted by Crippen LogP contribution is -2.36. The van der Waals surface area contributed by atoms with Gasteiger partial charge in [0.1, 0.15) is 18.2 Å². The average Bonchev–Trinajstić information content (AvgIpc) is 3.08. The third-order valence-corrected chi connectivity index (χ3v) is 3.53. The second kappa shape index (κ2) is 10.2. The van der Waals surface area contributed by atoms with Gasteiger partial charge >= 0.3 is 0 Å². The predicted molar refractivity (Wildman–Crippen MR) is 87.9 cm³/mol. The van der Waals surface area contributed by atoms with E-state index >= 15 is 0 Å². The lowest BCUT2D eigenvalue weighted by Gasteiger charge is -2.25. The van der Waals surface area contributed by atoms with E-state index in [-0.39, 0.29) is 12.4 Å². The molecule has 132 valence electrons. The Morgan fingerprint density at radius 2 is 2.04 bits per heavy atom. The van der Waals surface area contributed by atoms with E-state index in [1.807, 2.05) is 6.07 Å². The van der Waals surface area contributed by atoms with Gasteiger partial charge < -0.3 is 19.0 Å². The predicted octanol–water partition coefficient (Wildman–Crippen LogP) is 2.44. The lowest BCUT2D eigenvalue weighted by atomic mass is 10.2. The molecule has 0 saturated heterocycles. The number of benzene rings is 1. The van der Waals surface area contributed by atoms with Gasteiger partial charge in [-0.1, -0.05) is 12.1 Å². The standard InChI is InChI=1S/C18H24FNO4/c1-22-10-8-20(11-15-4-6-16(19)7-5-15)12-17(21)13-23-14-18-3-2-9-24-18/h2-7,9,17,21H,8,10-14H2,1H3/t17-/m0/s1. The summed E-state index contributed by atoms with van der Waals surface area (Å²) in [6, 6.07) is 9.99. The molecule has 2 rings (SSSR count). The molecule has 0 aliphatic heterocycles. The van der Waals surface area contributed by atoms with E-state index in [2.05, 4.69) is 4.90 Å². The van der Waals surface area contributed by atoms with E-state index in [9.17, 15) is 9.50 Å². The highest BCUT2D eigenvalue weighted by Crippen LogP contribution is 2.08. The summed E-state index contributed by atoms with van der Waals surface area (Å²) < 4.78 is 28.7.